The summed E-state index contributed by atoms with van der Waals surface area (Å²) in [5, 5.41) is 9.48. The van der Waals surface area contributed by atoms with Crippen molar-refractivity contribution in [2.75, 3.05) is 13.1 Å². The molecule has 0 radical (unpaired) electrons. The van der Waals surface area contributed by atoms with E-state index in [4.69, 9.17) is 0 Å². The van der Waals surface area contributed by atoms with E-state index in [1.807, 2.05) is 4.98 Å². The highest BCUT2D eigenvalue weighted by Crippen LogP contribution is 2.20. The second-order valence-corrected chi connectivity index (χ2v) is 4.54. The van der Waals surface area contributed by atoms with Crippen molar-refractivity contribution < 1.29 is 9.90 Å². The second-order valence-electron chi connectivity index (χ2n) is 4.54. The first-order valence-electron chi connectivity index (χ1n) is 5.18. The van der Waals surface area contributed by atoms with Crippen LogP contribution in [0.2, 0.25) is 0 Å². The molecule has 0 saturated carbocycles. The van der Waals surface area contributed by atoms with Crippen LogP contribution in [0.3, 0.4) is 0 Å². The molecular weight excluding hydrogens is 226 g/mol. The van der Waals surface area contributed by atoms with Gasteiger partial charge in [-0.15, -0.1) is 0 Å². The van der Waals surface area contributed by atoms with Crippen LogP contribution >= 0.6 is 0 Å². The number of aliphatic hydroxyl groups is 1. The highest BCUT2D eigenvalue weighted by atomic mass is 16.3. The SMILES string of the molecule is CC1(O)CN(C(=O)Cc2cc(=O)[nH]c(=O)[nH]2)C1. The van der Waals surface area contributed by atoms with E-state index >= 15 is 0 Å². The average molecular weight is 239 g/mol. The van der Waals surface area contributed by atoms with Crippen molar-refractivity contribution in [1.29, 1.82) is 0 Å². The third-order valence-electron chi connectivity index (χ3n) is 2.57. The minimum absolute atomic E-state index is 0.0464. The molecule has 0 aromatic carbocycles. The first-order valence-corrected chi connectivity index (χ1v) is 5.18. The van der Waals surface area contributed by atoms with Crippen LogP contribution < -0.4 is 11.2 Å². The minimum Gasteiger partial charge on any atom is -0.386 e. The highest BCUT2D eigenvalue weighted by Gasteiger charge is 2.39. The van der Waals surface area contributed by atoms with Gasteiger partial charge in [-0.3, -0.25) is 14.6 Å². The Bertz CT molecular complexity index is 521. The smallest absolute Gasteiger partial charge is 0.325 e. The lowest BCUT2D eigenvalue weighted by atomic mass is 9.96. The molecule has 1 saturated heterocycles. The Morgan fingerprint density at radius 3 is 2.65 bits per heavy atom. The molecule has 17 heavy (non-hydrogen) atoms. The molecule has 1 aromatic rings. The van der Waals surface area contributed by atoms with Gasteiger partial charge in [0.15, 0.2) is 0 Å². The Balaban J connectivity index is 2.04. The first kappa shape index (κ1) is 11.6. The van der Waals surface area contributed by atoms with E-state index < -0.39 is 16.9 Å². The van der Waals surface area contributed by atoms with Crippen LogP contribution in [-0.4, -0.2) is 44.6 Å². The largest absolute Gasteiger partial charge is 0.386 e. The fourth-order valence-electron chi connectivity index (χ4n) is 1.84. The van der Waals surface area contributed by atoms with E-state index in [0.29, 0.717) is 0 Å². The lowest BCUT2D eigenvalue weighted by molar-refractivity contribution is -0.151. The summed E-state index contributed by atoms with van der Waals surface area (Å²) in [6.07, 6.45) is -0.0464. The van der Waals surface area contributed by atoms with Crippen LogP contribution in [0, 0.1) is 0 Å². The van der Waals surface area contributed by atoms with Crippen molar-refractivity contribution in [2.45, 2.75) is 18.9 Å². The number of likely N-dealkylation sites (tertiary alicyclic amines) is 1. The Morgan fingerprint density at radius 2 is 2.12 bits per heavy atom. The van der Waals surface area contributed by atoms with Gasteiger partial charge in [0.2, 0.25) is 5.91 Å². The summed E-state index contributed by atoms with van der Waals surface area (Å²) in [6, 6.07) is 1.18. The van der Waals surface area contributed by atoms with Gasteiger partial charge in [0.25, 0.3) is 5.56 Å². The third-order valence-corrected chi connectivity index (χ3v) is 2.57. The molecule has 0 atom stereocenters. The Kier molecular flexibility index (Phi) is 2.62. The number of carbonyl (C=O) groups excluding carboxylic acids is 1. The van der Waals surface area contributed by atoms with E-state index in [2.05, 4.69) is 4.98 Å². The fraction of sp³-hybridized carbons (Fsp3) is 0.500. The van der Waals surface area contributed by atoms with Gasteiger partial charge in [0, 0.05) is 11.8 Å². The van der Waals surface area contributed by atoms with Gasteiger partial charge in [-0.05, 0) is 6.92 Å². The van der Waals surface area contributed by atoms with Crippen molar-refractivity contribution in [3.05, 3.63) is 32.6 Å². The zero-order chi connectivity index (χ0) is 12.6. The molecule has 0 aliphatic carbocycles. The van der Waals surface area contributed by atoms with Crippen LogP contribution in [0.15, 0.2) is 15.7 Å². The van der Waals surface area contributed by atoms with Gasteiger partial charge in [0.1, 0.15) is 0 Å². The summed E-state index contributed by atoms with van der Waals surface area (Å²) in [4.78, 5) is 39.5. The number of carbonyl (C=O) groups is 1. The quantitative estimate of drug-likeness (QED) is 0.566. The van der Waals surface area contributed by atoms with Crippen molar-refractivity contribution in [3.63, 3.8) is 0 Å². The van der Waals surface area contributed by atoms with Crippen LogP contribution in [-0.2, 0) is 11.2 Å². The second kappa shape index (κ2) is 3.85. The predicted molar refractivity (Wildman–Crippen MR) is 58.6 cm³/mol. The normalized spacial score (nSPS) is 17.6. The molecule has 0 bridgehead atoms. The van der Waals surface area contributed by atoms with Gasteiger partial charge >= 0.3 is 5.69 Å². The van der Waals surface area contributed by atoms with Crippen LogP contribution in [0.4, 0.5) is 0 Å². The number of H-pyrrole nitrogens is 2. The number of hydrogen-bond donors (Lipinski definition) is 3. The van der Waals surface area contributed by atoms with Crippen LogP contribution in [0.25, 0.3) is 0 Å². The predicted octanol–water partition coefficient (Wildman–Crippen LogP) is -1.80. The van der Waals surface area contributed by atoms with Crippen LogP contribution in [0.5, 0.6) is 0 Å². The van der Waals surface area contributed by atoms with Crippen LogP contribution in [0.1, 0.15) is 12.6 Å². The molecule has 2 heterocycles. The fourth-order valence-corrected chi connectivity index (χ4v) is 1.84. The summed E-state index contributed by atoms with van der Waals surface area (Å²) < 4.78 is 0. The van der Waals surface area contributed by atoms with E-state index in [0.717, 1.165) is 0 Å². The molecule has 2 rings (SSSR count). The number of nitrogens with one attached hydrogen (secondary N) is 2. The first-order chi connectivity index (χ1) is 7.85. The number of nitrogens with zero attached hydrogens (tertiary/aromatic N) is 1. The topological polar surface area (TPSA) is 106 Å². The van der Waals surface area contributed by atoms with Crippen molar-refractivity contribution in [3.8, 4) is 0 Å². The number of aromatic nitrogens is 2. The van der Waals surface area contributed by atoms with E-state index in [1.54, 1.807) is 6.92 Å². The van der Waals surface area contributed by atoms with E-state index in [9.17, 15) is 19.5 Å². The Morgan fingerprint density at radius 1 is 1.47 bits per heavy atom. The number of amides is 1. The Labute approximate surface area is 96.1 Å². The highest BCUT2D eigenvalue weighted by molar-refractivity contribution is 5.79. The molecule has 7 nitrogen and oxygen atoms in total. The standard InChI is InChI=1S/C10H13N3O4/c1-10(17)4-13(5-10)8(15)3-6-2-7(14)12-9(16)11-6/h2,17H,3-5H2,1H3,(H2,11,12,14,16). The molecule has 1 aliphatic heterocycles. The zero-order valence-corrected chi connectivity index (χ0v) is 9.32. The molecule has 7 heteroatoms. The molecule has 1 fully saturated rings. The molecular formula is C10H13N3O4. The summed E-state index contributed by atoms with van der Waals surface area (Å²) in [6.45, 7) is 2.20. The van der Waals surface area contributed by atoms with E-state index in [1.165, 1.54) is 11.0 Å². The van der Waals surface area contributed by atoms with Gasteiger partial charge in [-0.1, -0.05) is 0 Å². The van der Waals surface area contributed by atoms with Crippen molar-refractivity contribution in [1.82, 2.24) is 14.9 Å². The monoisotopic (exact) mass is 239 g/mol. The van der Waals surface area contributed by atoms with E-state index in [-0.39, 0.29) is 31.1 Å². The number of β-amino-alcohol motifs (C(OH)–C–C–N with tert-alkyl or cyclic N) is 1. The van der Waals surface area contributed by atoms with Crippen molar-refractivity contribution >= 4 is 5.91 Å². The number of hydrogen-bond acceptors (Lipinski definition) is 4. The summed E-state index contributed by atoms with van der Waals surface area (Å²) in [5.41, 5.74) is -1.71. The third kappa shape index (κ3) is 2.62. The summed E-state index contributed by atoms with van der Waals surface area (Å²) in [7, 11) is 0. The minimum atomic E-state index is -0.822. The number of rotatable bonds is 2. The van der Waals surface area contributed by atoms with Gasteiger partial charge in [-0.2, -0.15) is 0 Å². The molecule has 1 aromatic heterocycles. The van der Waals surface area contributed by atoms with Gasteiger partial charge < -0.3 is 15.0 Å². The Hall–Kier alpha value is -1.89. The number of aromatic amines is 2. The molecule has 0 spiro atoms. The van der Waals surface area contributed by atoms with Crippen molar-refractivity contribution in [2.24, 2.45) is 0 Å². The molecule has 3 N–H and O–H groups in total. The average Bonchev–Trinajstić information content (AvgIpc) is 2.11. The maximum atomic E-state index is 11.7. The molecule has 1 aliphatic rings. The lowest BCUT2D eigenvalue weighted by Crippen LogP contribution is -2.62. The molecule has 1 amide bonds. The van der Waals surface area contributed by atoms with Gasteiger partial charge in [0.05, 0.1) is 25.1 Å². The summed E-state index contributed by atoms with van der Waals surface area (Å²) >= 11 is 0. The molecule has 92 valence electrons. The maximum Gasteiger partial charge on any atom is 0.325 e. The molecule has 0 unspecified atom stereocenters. The maximum absolute atomic E-state index is 11.7. The summed E-state index contributed by atoms with van der Waals surface area (Å²) in [5.74, 6) is -0.224. The lowest BCUT2D eigenvalue weighted by Gasteiger charge is -2.44. The van der Waals surface area contributed by atoms with Gasteiger partial charge in [-0.25, -0.2) is 4.79 Å². The zero-order valence-electron chi connectivity index (χ0n) is 9.32.